The van der Waals surface area contributed by atoms with Gasteiger partial charge in [0.15, 0.2) is 12.4 Å². The number of ether oxygens (including phenoxy) is 3. The predicted molar refractivity (Wildman–Crippen MR) is 199 cm³/mol. The van der Waals surface area contributed by atoms with Crippen molar-refractivity contribution >= 4 is 33.6 Å². The number of halogens is 3. The zero-order valence-corrected chi connectivity index (χ0v) is 30.1. The number of rotatable bonds is 10. The first kappa shape index (κ1) is 36.7. The molecule has 2 aliphatic heterocycles. The number of aromatic nitrogens is 3. The Morgan fingerprint density at radius 1 is 0.981 bits per heavy atom. The van der Waals surface area contributed by atoms with Gasteiger partial charge < -0.3 is 28.9 Å². The second-order valence-corrected chi connectivity index (χ2v) is 13.7. The monoisotopic (exact) mass is 739 g/mol. The smallest absolute Gasteiger partial charge is 0.422 e. The van der Waals surface area contributed by atoms with E-state index in [1.807, 2.05) is 85.6 Å². The normalized spacial score (nSPS) is 17.9. The van der Waals surface area contributed by atoms with E-state index in [2.05, 4.69) is 9.74 Å². The van der Waals surface area contributed by atoms with Gasteiger partial charge in [-0.3, -0.25) is 9.88 Å². The van der Waals surface area contributed by atoms with E-state index >= 15 is 0 Å². The van der Waals surface area contributed by atoms with Crippen LogP contribution in [-0.4, -0.2) is 102 Å². The number of pyridine rings is 1. The quantitative estimate of drug-likeness (QED) is 0.137. The Balaban J connectivity index is 1.31. The SMILES string of the molecule is [C-]#[N+]C[C@H]1CN(c2nc(OC[C@@H]3CCCN3C)nc3c(OCC(F)(F)F)c(-c4cccc5cccc(C)c45)ncc23)CCN1C(=O)OCc1ccccc1. The molecule has 0 bridgehead atoms. The molecule has 14 heteroatoms. The molecule has 0 spiro atoms. The lowest BCUT2D eigenvalue weighted by Crippen LogP contribution is -2.56. The molecule has 0 N–H and O–H groups in total. The third-order valence-electron chi connectivity index (χ3n) is 10.0. The topological polar surface area (TPSA) is 97.5 Å². The molecule has 2 fully saturated rings. The molecule has 0 aliphatic carbocycles. The minimum absolute atomic E-state index is 0.0000986. The Bertz CT molecular complexity index is 2170. The summed E-state index contributed by atoms with van der Waals surface area (Å²) in [6, 6.07) is 20.2. The lowest BCUT2D eigenvalue weighted by molar-refractivity contribution is -0.153. The number of aryl methyl sites for hydroxylation is 1. The molecular weight excluding hydrogens is 699 g/mol. The van der Waals surface area contributed by atoms with Crippen molar-refractivity contribution in [2.24, 2.45) is 0 Å². The molecule has 2 atom stereocenters. The number of benzene rings is 3. The Labute approximate surface area is 311 Å². The molecule has 0 unspecified atom stereocenters. The van der Waals surface area contributed by atoms with E-state index in [1.54, 1.807) is 11.1 Å². The van der Waals surface area contributed by atoms with Gasteiger partial charge in [-0.1, -0.05) is 66.7 Å². The van der Waals surface area contributed by atoms with Gasteiger partial charge in [-0.2, -0.15) is 23.1 Å². The maximum Gasteiger partial charge on any atom is 0.422 e. The summed E-state index contributed by atoms with van der Waals surface area (Å²) < 4.78 is 59.1. The van der Waals surface area contributed by atoms with Crippen LogP contribution < -0.4 is 14.4 Å². The largest absolute Gasteiger partial charge is 0.480 e. The van der Waals surface area contributed by atoms with Gasteiger partial charge in [0.1, 0.15) is 36.3 Å². The van der Waals surface area contributed by atoms with Crippen LogP contribution in [0.4, 0.5) is 23.8 Å². The maximum atomic E-state index is 13.9. The van der Waals surface area contributed by atoms with Gasteiger partial charge in [0.05, 0.1) is 5.39 Å². The zero-order valence-electron chi connectivity index (χ0n) is 30.1. The molecule has 2 aliphatic rings. The summed E-state index contributed by atoms with van der Waals surface area (Å²) in [7, 11) is 2.02. The third-order valence-corrected chi connectivity index (χ3v) is 10.0. The van der Waals surface area contributed by atoms with E-state index in [1.165, 1.54) is 0 Å². The Morgan fingerprint density at radius 3 is 2.52 bits per heavy atom. The molecule has 0 radical (unpaired) electrons. The van der Waals surface area contributed by atoms with Crippen molar-refractivity contribution in [3.8, 4) is 23.0 Å². The number of nitrogens with zero attached hydrogens (tertiary/aromatic N) is 7. The van der Waals surface area contributed by atoms with Gasteiger partial charge in [0, 0.05) is 37.4 Å². The van der Waals surface area contributed by atoms with Gasteiger partial charge in [-0.25, -0.2) is 11.4 Å². The molecule has 54 heavy (non-hydrogen) atoms. The lowest BCUT2D eigenvalue weighted by atomic mass is 9.97. The number of likely N-dealkylation sites (tertiary alicyclic amines) is 1. The Kier molecular flexibility index (Phi) is 10.7. The second kappa shape index (κ2) is 15.7. The van der Waals surface area contributed by atoms with Crippen molar-refractivity contribution in [2.75, 3.05) is 57.9 Å². The summed E-state index contributed by atoms with van der Waals surface area (Å²) >= 11 is 0. The van der Waals surface area contributed by atoms with Crippen molar-refractivity contribution in [2.45, 2.75) is 44.6 Å². The molecule has 1 amide bonds. The fourth-order valence-electron chi connectivity index (χ4n) is 7.26. The first-order valence-corrected chi connectivity index (χ1v) is 17.9. The third kappa shape index (κ3) is 7.96. The first-order valence-electron chi connectivity index (χ1n) is 17.9. The van der Waals surface area contributed by atoms with Crippen LogP contribution in [0.25, 0.3) is 37.8 Å². The van der Waals surface area contributed by atoms with Crippen molar-refractivity contribution in [3.05, 3.63) is 95.5 Å². The number of carbonyl (C=O) groups is 1. The molecule has 4 heterocycles. The molecule has 3 aromatic carbocycles. The van der Waals surface area contributed by atoms with Crippen LogP contribution in [0, 0.1) is 13.5 Å². The van der Waals surface area contributed by atoms with Crippen LogP contribution >= 0.6 is 0 Å². The number of hydrogen-bond acceptors (Lipinski definition) is 9. The van der Waals surface area contributed by atoms with Crippen LogP contribution in [0.2, 0.25) is 0 Å². The van der Waals surface area contributed by atoms with E-state index < -0.39 is 24.9 Å². The van der Waals surface area contributed by atoms with E-state index in [-0.39, 0.29) is 68.4 Å². The molecule has 5 aromatic rings. The van der Waals surface area contributed by atoms with E-state index in [9.17, 15) is 18.0 Å². The van der Waals surface area contributed by atoms with Gasteiger partial charge >= 0.3 is 18.3 Å². The van der Waals surface area contributed by atoms with Gasteiger partial charge in [0.25, 0.3) is 0 Å². The van der Waals surface area contributed by atoms with E-state index in [0.29, 0.717) is 16.8 Å². The molecule has 0 saturated carbocycles. The number of likely N-dealkylation sites (N-methyl/N-ethyl adjacent to an activating group) is 1. The number of alkyl halides is 3. The summed E-state index contributed by atoms with van der Waals surface area (Å²) in [6.07, 6.45) is -1.69. The lowest BCUT2D eigenvalue weighted by Gasteiger charge is -2.39. The first-order chi connectivity index (χ1) is 26.1. The van der Waals surface area contributed by atoms with Crippen LogP contribution in [-0.2, 0) is 11.3 Å². The Hall–Kier alpha value is -5.68. The van der Waals surface area contributed by atoms with E-state index in [0.717, 1.165) is 41.3 Å². The highest BCUT2D eigenvalue weighted by Gasteiger charge is 2.36. The van der Waals surface area contributed by atoms with Crippen LogP contribution in [0.3, 0.4) is 0 Å². The number of carbonyl (C=O) groups excluding carboxylic acids is 1. The number of piperazine rings is 1. The van der Waals surface area contributed by atoms with Crippen molar-refractivity contribution < 1.29 is 32.2 Å². The number of hydrogen-bond donors (Lipinski definition) is 0. The second-order valence-electron chi connectivity index (χ2n) is 13.7. The van der Waals surface area contributed by atoms with Gasteiger partial charge in [0.2, 0.25) is 6.54 Å². The van der Waals surface area contributed by atoms with Crippen LogP contribution in [0.15, 0.2) is 72.9 Å². The highest BCUT2D eigenvalue weighted by atomic mass is 19.4. The molecule has 7 rings (SSSR count). The van der Waals surface area contributed by atoms with Crippen LogP contribution in [0.1, 0.15) is 24.0 Å². The number of amides is 1. The summed E-state index contributed by atoms with van der Waals surface area (Å²) in [5.41, 5.74) is 2.67. The standard InChI is InChI=1S/C40H40F3N7O4/c1-26-10-7-13-28-14-8-16-31(33(26)28)34-36(54-25-40(41,42)43)35-32(21-45-34)37(47-38(46-35)52-24-29-15-9-17-48(29)3)49-18-19-50(30(22-49)20-44-2)39(51)53-23-27-11-5-4-6-12-27/h4-8,10-14,16,21,29-30H,9,15,17-20,22-25H2,1,3H3/t29-,30-/m0/s1. The summed E-state index contributed by atoms with van der Waals surface area (Å²) in [5.74, 6) is 0.208. The van der Waals surface area contributed by atoms with Crippen LogP contribution in [0.5, 0.6) is 11.8 Å². The number of anilines is 1. The molecular formula is C40H40F3N7O4. The fraction of sp³-hybridized carbons (Fsp3) is 0.375. The van der Waals surface area contributed by atoms with Crippen molar-refractivity contribution in [1.29, 1.82) is 0 Å². The predicted octanol–water partition coefficient (Wildman–Crippen LogP) is 7.31. The summed E-state index contributed by atoms with van der Waals surface area (Å²) in [4.78, 5) is 36.8. The van der Waals surface area contributed by atoms with Crippen molar-refractivity contribution in [3.63, 3.8) is 0 Å². The zero-order chi connectivity index (χ0) is 37.8. The average Bonchev–Trinajstić information content (AvgIpc) is 3.59. The Morgan fingerprint density at radius 2 is 1.78 bits per heavy atom. The molecule has 280 valence electrons. The highest BCUT2D eigenvalue weighted by Crippen LogP contribution is 2.42. The summed E-state index contributed by atoms with van der Waals surface area (Å²) in [5, 5.41) is 2.08. The maximum absolute atomic E-state index is 13.9. The average molecular weight is 740 g/mol. The van der Waals surface area contributed by atoms with Gasteiger partial charge in [-0.15, -0.1) is 0 Å². The summed E-state index contributed by atoms with van der Waals surface area (Å²) in [6.45, 7) is 10.0. The minimum Gasteiger partial charge on any atom is -0.480 e. The molecule has 2 aromatic heterocycles. The fourth-order valence-corrected chi connectivity index (χ4v) is 7.26. The molecule has 11 nitrogen and oxygen atoms in total. The van der Waals surface area contributed by atoms with Gasteiger partial charge in [-0.05, 0) is 55.3 Å². The highest BCUT2D eigenvalue weighted by molar-refractivity contribution is 6.03. The number of fused-ring (bicyclic) bond motifs is 2. The van der Waals surface area contributed by atoms with E-state index in [4.69, 9.17) is 35.7 Å². The molecule has 2 saturated heterocycles. The van der Waals surface area contributed by atoms with Crippen molar-refractivity contribution in [1.82, 2.24) is 24.8 Å². The minimum atomic E-state index is -4.64.